The number of nitrogens with zero attached hydrogens (tertiary/aromatic N) is 1. The van der Waals surface area contributed by atoms with E-state index < -0.39 is 11.6 Å². The summed E-state index contributed by atoms with van der Waals surface area (Å²) < 4.78 is 15.5. The number of phenols is 1. The highest BCUT2D eigenvalue weighted by Crippen LogP contribution is 2.36. The summed E-state index contributed by atoms with van der Waals surface area (Å²) in [4.78, 5) is 26.5. The predicted octanol–water partition coefficient (Wildman–Crippen LogP) is 2.83. The molecule has 1 aliphatic heterocycles. The number of phenolic OH excluding ortho intramolecular Hbond substituents is 1. The summed E-state index contributed by atoms with van der Waals surface area (Å²) in [6, 6.07) is 1.55. The van der Waals surface area contributed by atoms with Crippen molar-refractivity contribution < 1.29 is 23.8 Å². The minimum absolute atomic E-state index is 0. The van der Waals surface area contributed by atoms with Crippen LogP contribution in [0.5, 0.6) is 5.75 Å². The molecule has 1 fully saturated rings. The number of morpholine rings is 1. The van der Waals surface area contributed by atoms with E-state index in [9.17, 15) is 14.7 Å². The minimum Gasteiger partial charge on any atom is -0.506 e. The van der Waals surface area contributed by atoms with Gasteiger partial charge in [-0.2, -0.15) is 0 Å². The number of esters is 1. The van der Waals surface area contributed by atoms with Crippen LogP contribution in [-0.4, -0.2) is 62.5 Å². The van der Waals surface area contributed by atoms with Gasteiger partial charge >= 0.3 is 11.6 Å². The van der Waals surface area contributed by atoms with Gasteiger partial charge in [0.25, 0.3) is 0 Å². The molecule has 0 spiro atoms. The van der Waals surface area contributed by atoms with Gasteiger partial charge in [0.1, 0.15) is 11.3 Å². The van der Waals surface area contributed by atoms with Crippen LogP contribution in [0.2, 0.25) is 5.02 Å². The van der Waals surface area contributed by atoms with Gasteiger partial charge in [-0.15, -0.1) is 24.8 Å². The van der Waals surface area contributed by atoms with Crippen LogP contribution >= 0.6 is 36.4 Å². The Morgan fingerprint density at radius 2 is 1.97 bits per heavy atom. The average molecular weight is 512 g/mol. The summed E-state index contributed by atoms with van der Waals surface area (Å²) in [5.41, 5.74) is 0.880. The Morgan fingerprint density at radius 3 is 2.62 bits per heavy atom. The van der Waals surface area contributed by atoms with Crippen LogP contribution in [0.3, 0.4) is 0 Å². The number of aryl methyl sites for hydroxylation is 1. The summed E-state index contributed by atoms with van der Waals surface area (Å²) in [6.07, 6.45) is 0.750. The zero-order valence-corrected chi connectivity index (χ0v) is 20.5. The first-order chi connectivity index (χ1) is 14.4. The largest absolute Gasteiger partial charge is 0.506 e. The highest BCUT2D eigenvalue weighted by atomic mass is 35.5. The number of benzene rings is 1. The second-order valence-electron chi connectivity index (χ2n) is 7.29. The highest BCUT2D eigenvalue weighted by Gasteiger charge is 2.20. The Morgan fingerprint density at radius 1 is 1.28 bits per heavy atom. The van der Waals surface area contributed by atoms with Gasteiger partial charge in [0, 0.05) is 25.0 Å². The molecule has 0 saturated carbocycles. The van der Waals surface area contributed by atoms with Crippen LogP contribution in [0.15, 0.2) is 15.3 Å². The first-order valence-corrected chi connectivity index (χ1v) is 10.3. The van der Waals surface area contributed by atoms with Crippen LogP contribution in [0.25, 0.3) is 11.0 Å². The van der Waals surface area contributed by atoms with Crippen molar-refractivity contribution in [2.75, 3.05) is 46.5 Å². The van der Waals surface area contributed by atoms with Crippen LogP contribution < -0.4 is 10.9 Å². The van der Waals surface area contributed by atoms with Gasteiger partial charge in [-0.3, -0.25) is 9.69 Å². The standard InChI is InChI=1S/C21H27ClN2O6.2ClH/c1-13-14-10-17(22)19(26)16(12-23-4-3-5-24-6-8-29-9-7-24)20(14)30-21(27)15(13)11-18(25)28-2;;/h10,23,26H,3-9,11-12H2,1-2H3;2*1H. The zero-order chi connectivity index (χ0) is 21.7. The van der Waals surface area contributed by atoms with E-state index in [1.807, 2.05) is 0 Å². The molecule has 8 nitrogen and oxygen atoms in total. The Bertz CT molecular complexity index is 976. The topological polar surface area (TPSA) is 101 Å². The molecule has 0 unspecified atom stereocenters. The molecular weight excluding hydrogens is 483 g/mol. The van der Waals surface area contributed by atoms with Crippen molar-refractivity contribution in [3.63, 3.8) is 0 Å². The lowest BCUT2D eigenvalue weighted by molar-refractivity contribution is -0.139. The Kier molecular flexibility index (Phi) is 11.8. The molecule has 1 saturated heterocycles. The Labute approximate surface area is 204 Å². The number of halogens is 3. The molecular formula is C21H29Cl3N2O6. The summed E-state index contributed by atoms with van der Waals surface area (Å²) in [7, 11) is 1.26. The first-order valence-electron chi connectivity index (χ1n) is 9.96. The zero-order valence-electron chi connectivity index (χ0n) is 18.1. The van der Waals surface area contributed by atoms with E-state index in [1.165, 1.54) is 7.11 Å². The molecule has 2 aromatic rings. The van der Waals surface area contributed by atoms with Gasteiger partial charge in [0.15, 0.2) is 0 Å². The van der Waals surface area contributed by atoms with Crippen molar-refractivity contribution in [3.8, 4) is 5.75 Å². The van der Waals surface area contributed by atoms with E-state index in [0.29, 0.717) is 23.1 Å². The van der Waals surface area contributed by atoms with Crippen molar-refractivity contribution >= 4 is 53.4 Å². The fourth-order valence-electron chi connectivity index (χ4n) is 3.59. The molecule has 11 heteroatoms. The molecule has 0 aliphatic carbocycles. The molecule has 180 valence electrons. The van der Waals surface area contributed by atoms with Gasteiger partial charge in [-0.1, -0.05) is 11.6 Å². The molecule has 0 radical (unpaired) electrons. The maximum absolute atomic E-state index is 12.5. The van der Waals surface area contributed by atoms with Crippen molar-refractivity contribution in [3.05, 3.63) is 38.2 Å². The molecule has 2 heterocycles. The SMILES string of the molecule is COC(=O)Cc1c(C)c2cc(Cl)c(O)c(CNCCCN3CCOCC3)c2oc1=O.Cl.Cl. The number of carbonyl (C=O) groups excluding carboxylic acids is 1. The molecule has 32 heavy (non-hydrogen) atoms. The van der Waals surface area contributed by atoms with E-state index in [0.717, 1.165) is 45.8 Å². The van der Waals surface area contributed by atoms with Gasteiger partial charge in [0.2, 0.25) is 0 Å². The molecule has 1 aromatic heterocycles. The van der Waals surface area contributed by atoms with Crippen molar-refractivity contribution in [1.29, 1.82) is 0 Å². The fraction of sp³-hybridized carbons (Fsp3) is 0.524. The van der Waals surface area contributed by atoms with E-state index in [-0.39, 0.29) is 53.2 Å². The van der Waals surface area contributed by atoms with Gasteiger partial charge < -0.3 is 24.3 Å². The molecule has 0 bridgehead atoms. The van der Waals surface area contributed by atoms with E-state index in [1.54, 1.807) is 13.0 Å². The maximum atomic E-state index is 12.5. The lowest BCUT2D eigenvalue weighted by Gasteiger charge is -2.26. The predicted molar refractivity (Wildman–Crippen MR) is 128 cm³/mol. The first kappa shape index (κ1) is 28.5. The van der Waals surface area contributed by atoms with Crippen LogP contribution in [-0.2, 0) is 27.2 Å². The summed E-state index contributed by atoms with van der Waals surface area (Å²) in [5, 5.41) is 14.5. The summed E-state index contributed by atoms with van der Waals surface area (Å²) in [5.74, 6) is -0.648. The quantitative estimate of drug-likeness (QED) is 0.317. The van der Waals surface area contributed by atoms with Crippen LogP contribution in [0.4, 0.5) is 0 Å². The van der Waals surface area contributed by atoms with E-state index in [2.05, 4.69) is 15.0 Å². The number of hydrogen-bond acceptors (Lipinski definition) is 8. The lowest BCUT2D eigenvalue weighted by Crippen LogP contribution is -2.37. The van der Waals surface area contributed by atoms with Crippen molar-refractivity contribution in [1.82, 2.24) is 10.2 Å². The molecule has 0 amide bonds. The number of carbonyl (C=O) groups is 1. The fourth-order valence-corrected chi connectivity index (χ4v) is 3.81. The third-order valence-corrected chi connectivity index (χ3v) is 5.67. The van der Waals surface area contributed by atoms with Gasteiger partial charge in [0.05, 0.1) is 42.9 Å². The van der Waals surface area contributed by atoms with E-state index in [4.69, 9.17) is 20.8 Å². The summed E-state index contributed by atoms with van der Waals surface area (Å²) >= 11 is 6.22. The number of fused-ring (bicyclic) bond motifs is 1. The number of hydrogen-bond donors (Lipinski definition) is 2. The molecule has 1 aromatic carbocycles. The third kappa shape index (κ3) is 6.73. The summed E-state index contributed by atoms with van der Waals surface area (Å²) in [6.45, 7) is 7.14. The Hall–Kier alpha value is -1.55. The number of ether oxygens (including phenoxy) is 2. The van der Waals surface area contributed by atoms with Gasteiger partial charge in [-0.25, -0.2) is 4.79 Å². The molecule has 3 rings (SSSR count). The smallest absolute Gasteiger partial charge is 0.340 e. The lowest BCUT2D eigenvalue weighted by atomic mass is 10.0. The molecule has 2 N–H and O–H groups in total. The third-order valence-electron chi connectivity index (χ3n) is 5.38. The number of rotatable bonds is 8. The Balaban J connectivity index is 0.00000256. The van der Waals surface area contributed by atoms with Crippen LogP contribution in [0, 0.1) is 6.92 Å². The monoisotopic (exact) mass is 510 g/mol. The number of methoxy groups -OCH3 is 1. The van der Waals surface area contributed by atoms with Crippen molar-refractivity contribution in [2.45, 2.75) is 26.3 Å². The normalized spacial score (nSPS) is 14.0. The van der Waals surface area contributed by atoms with Crippen molar-refractivity contribution in [2.24, 2.45) is 0 Å². The second-order valence-corrected chi connectivity index (χ2v) is 7.70. The van der Waals surface area contributed by atoms with E-state index >= 15 is 0 Å². The highest BCUT2D eigenvalue weighted by molar-refractivity contribution is 6.33. The number of nitrogens with one attached hydrogen (secondary N) is 1. The number of aromatic hydroxyl groups is 1. The molecule has 0 atom stereocenters. The van der Waals surface area contributed by atoms with Crippen LogP contribution in [0.1, 0.15) is 23.1 Å². The van der Waals surface area contributed by atoms with Gasteiger partial charge in [-0.05, 0) is 38.1 Å². The average Bonchev–Trinajstić information content (AvgIpc) is 2.75. The second kappa shape index (κ2) is 13.2. The minimum atomic E-state index is -0.624. The maximum Gasteiger partial charge on any atom is 0.340 e. The molecule has 1 aliphatic rings.